The van der Waals surface area contributed by atoms with Gasteiger partial charge in [-0.25, -0.2) is 4.39 Å². The Morgan fingerprint density at radius 3 is 2.73 bits per heavy atom. The molecule has 0 saturated heterocycles. The van der Waals surface area contributed by atoms with Gasteiger partial charge in [-0.15, -0.1) is 0 Å². The van der Waals surface area contributed by atoms with Crippen LogP contribution in [-0.4, -0.2) is 34.0 Å². The van der Waals surface area contributed by atoms with Crippen LogP contribution in [0.25, 0.3) is 16.6 Å². The van der Waals surface area contributed by atoms with Crippen molar-refractivity contribution in [3.05, 3.63) is 59.0 Å². The first-order chi connectivity index (χ1) is 14.2. The number of carboxylic acids is 1. The molecule has 0 bridgehead atoms. The molecule has 158 valence electrons. The second kappa shape index (κ2) is 7.43. The van der Waals surface area contributed by atoms with Crippen molar-refractivity contribution in [1.29, 1.82) is 0 Å². The maximum Gasteiger partial charge on any atom is 0.306 e. The minimum Gasteiger partial charge on any atom is -0.507 e. The first-order valence-electron chi connectivity index (χ1n) is 10.1. The predicted octanol–water partition coefficient (Wildman–Crippen LogP) is 4.72. The number of carboxylic acid groups (broad SMARTS) is 1. The molecular formula is C24H26FNO4. The minimum atomic E-state index is -0.877. The molecule has 0 saturated carbocycles. The lowest BCUT2D eigenvalue weighted by molar-refractivity contribution is -0.142. The number of halogens is 1. The molecule has 0 unspecified atom stereocenters. The Morgan fingerprint density at radius 2 is 2.03 bits per heavy atom. The average Bonchev–Trinajstić information content (AvgIpc) is 3.04. The lowest BCUT2D eigenvalue weighted by Crippen LogP contribution is -2.28. The summed E-state index contributed by atoms with van der Waals surface area (Å²) in [6, 6.07) is 10.2. The summed E-state index contributed by atoms with van der Waals surface area (Å²) in [7, 11) is 0. The number of aromatic hydroxyl groups is 1. The number of carbonyl (C=O) groups is 1. The highest BCUT2D eigenvalue weighted by molar-refractivity contribution is 5.93. The molecule has 30 heavy (non-hydrogen) atoms. The van der Waals surface area contributed by atoms with Gasteiger partial charge in [0, 0.05) is 28.8 Å². The van der Waals surface area contributed by atoms with E-state index in [4.69, 9.17) is 4.74 Å². The van der Waals surface area contributed by atoms with E-state index < -0.39 is 17.3 Å². The Labute approximate surface area is 174 Å². The standard InChI is InChI=1S/C24H26FNO4/c1-14-11-16(7-8-18(14)25)26-19-5-4-6-20(27)21(19)17-12-15(23(28)29)9-10-30-13-24(2,3)22(17)26/h4-8,11,15,27H,9-10,12-13H2,1-3H3,(H,28,29)/t15-/m0/s1. The number of phenolic OH excluding ortho intramolecular Hbond substituents is 1. The summed E-state index contributed by atoms with van der Waals surface area (Å²) < 4.78 is 21.9. The van der Waals surface area contributed by atoms with Gasteiger partial charge in [0.2, 0.25) is 0 Å². The molecule has 1 aliphatic rings. The number of aromatic nitrogens is 1. The van der Waals surface area contributed by atoms with Gasteiger partial charge in [-0.05, 0) is 61.2 Å². The summed E-state index contributed by atoms with van der Waals surface area (Å²) >= 11 is 0. The smallest absolute Gasteiger partial charge is 0.306 e. The lowest BCUT2D eigenvalue weighted by Gasteiger charge is -2.28. The normalized spacial score (nSPS) is 19.0. The van der Waals surface area contributed by atoms with Gasteiger partial charge in [0.05, 0.1) is 18.0 Å². The van der Waals surface area contributed by atoms with E-state index in [9.17, 15) is 19.4 Å². The van der Waals surface area contributed by atoms with Crippen molar-refractivity contribution in [2.45, 2.75) is 39.0 Å². The lowest BCUT2D eigenvalue weighted by atomic mass is 9.84. The summed E-state index contributed by atoms with van der Waals surface area (Å²) in [6.07, 6.45) is 0.694. The summed E-state index contributed by atoms with van der Waals surface area (Å²) in [5, 5.41) is 21.2. The number of hydrogen-bond acceptors (Lipinski definition) is 3. The first-order valence-corrected chi connectivity index (χ1v) is 10.1. The van der Waals surface area contributed by atoms with Crippen LogP contribution < -0.4 is 0 Å². The predicted molar refractivity (Wildman–Crippen MR) is 113 cm³/mol. The zero-order valence-corrected chi connectivity index (χ0v) is 17.4. The molecule has 1 aromatic heterocycles. The fourth-order valence-electron chi connectivity index (χ4n) is 4.52. The molecule has 1 aliphatic heterocycles. The number of aryl methyl sites for hydroxylation is 1. The quantitative estimate of drug-likeness (QED) is 0.640. The second-order valence-electron chi connectivity index (χ2n) is 8.73. The number of ether oxygens (including phenoxy) is 1. The van der Waals surface area contributed by atoms with Crippen molar-refractivity contribution in [3.8, 4) is 11.4 Å². The van der Waals surface area contributed by atoms with Crippen molar-refractivity contribution in [2.75, 3.05) is 13.2 Å². The maximum absolute atomic E-state index is 14.0. The Kier molecular flexibility index (Phi) is 5.06. The van der Waals surface area contributed by atoms with Crippen molar-refractivity contribution in [2.24, 2.45) is 5.92 Å². The Bertz CT molecular complexity index is 1130. The van der Waals surface area contributed by atoms with Crippen molar-refractivity contribution >= 4 is 16.9 Å². The SMILES string of the molecule is Cc1cc(-n2c3c(c4c(O)cccc42)C[C@@H](C(=O)O)CCOCC3(C)C)ccc1F. The van der Waals surface area contributed by atoms with E-state index in [-0.39, 0.29) is 11.6 Å². The Hall–Kier alpha value is -2.86. The number of fused-ring (bicyclic) bond motifs is 3. The van der Waals surface area contributed by atoms with E-state index in [0.29, 0.717) is 37.0 Å². The molecule has 0 fully saturated rings. The fraction of sp³-hybridized carbons (Fsp3) is 0.375. The minimum absolute atomic E-state index is 0.112. The molecule has 0 aliphatic carbocycles. The summed E-state index contributed by atoms with van der Waals surface area (Å²) in [5.74, 6) is -1.67. The molecule has 4 rings (SSSR count). The molecule has 2 N–H and O–H groups in total. The van der Waals surface area contributed by atoms with Crippen molar-refractivity contribution < 1.29 is 24.1 Å². The van der Waals surface area contributed by atoms with Crippen LogP contribution in [0.15, 0.2) is 36.4 Å². The van der Waals surface area contributed by atoms with E-state index in [2.05, 4.69) is 13.8 Å². The van der Waals surface area contributed by atoms with Crippen molar-refractivity contribution in [3.63, 3.8) is 0 Å². The molecular weight excluding hydrogens is 385 g/mol. The van der Waals surface area contributed by atoms with E-state index in [1.165, 1.54) is 6.07 Å². The van der Waals surface area contributed by atoms with Gasteiger partial charge >= 0.3 is 5.97 Å². The van der Waals surface area contributed by atoms with E-state index >= 15 is 0 Å². The van der Waals surface area contributed by atoms with Crippen molar-refractivity contribution in [1.82, 2.24) is 4.57 Å². The molecule has 5 nitrogen and oxygen atoms in total. The number of rotatable bonds is 2. The summed E-state index contributed by atoms with van der Waals surface area (Å²) in [6.45, 7) is 6.59. The molecule has 0 amide bonds. The van der Waals surface area contributed by atoms with Crippen LogP contribution in [0.2, 0.25) is 0 Å². The molecule has 2 heterocycles. The van der Waals surface area contributed by atoms with Crippen LogP contribution in [0.4, 0.5) is 4.39 Å². The van der Waals surface area contributed by atoms with Gasteiger partial charge < -0.3 is 19.5 Å². The highest BCUT2D eigenvalue weighted by atomic mass is 19.1. The third-order valence-corrected chi connectivity index (χ3v) is 5.99. The number of nitrogens with zero attached hydrogens (tertiary/aromatic N) is 1. The van der Waals surface area contributed by atoms with Gasteiger partial charge in [-0.1, -0.05) is 19.9 Å². The van der Waals surface area contributed by atoms with Crippen LogP contribution in [0, 0.1) is 18.7 Å². The van der Waals surface area contributed by atoms with Crippen LogP contribution in [0.3, 0.4) is 0 Å². The summed E-state index contributed by atoms with van der Waals surface area (Å²) in [4.78, 5) is 11.9. The third-order valence-electron chi connectivity index (χ3n) is 5.99. The van der Waals surface area contributed by atoms with E-state index in [1.54, 1.807) is 31.2 Å². The molecule has 0 radical (unpaired) electrons. The highest BCUT2D eigenvalue weighted by Crippen LogP contribution is 2.42. The van der Waals surface area contributed by atoms with Crippen LogP contribution in [0.5, 0.6) is 5.75 Å². The van der Waals surface area contributed by atoms with Gasteiger partial charge in [0.15, 0.2) is 0 Å². The molecule has 0 spiro atoms. The molecule has 6 heteroatoms. The molecule has 3 aromatic rings. The fourth-order valence-corrected chi connectivity index (χ4v) is 4.52. The number of benzene rings is 2. The van der Waals surface area contributed by atoms with E-state index in [1.807, 2.05) is 10.6 Å². The first kappa shape index (κ1) is 20.4. The highest BCUT2D eigenvalue weighted by Gasteiger charge is 2.35. The van der Waals surface area contributed by atoms with Gasteiger partial charge in [0.25, 0.3) is 0 Å². The Balaban J connectivity index is 2.11. The van der Waals surface area contributed by atoms with Gasteiger partial charge in [-0.3, -0.25) is 4.79 Å². The maximum atomic E-state index is 14.0. The summed E-state index contributed by atoms with van der Waals surface area (Å²) in [5.41, 5.74) is 3.29. The van der Waals surface area contributed by atoms with Gasteiger partial charge in [0.1, 0.15) is 11.6 Å². The zero-order chi connectivity index (χ0) is 21.6. The molecule has 2 aromatic carbocycles. The number of phenols is 1. The monoisotopic (exact) mass is 411 g/mol. The van der Waals surface area contributed by atoms with Crippen LogP contribution in [0.1, 0.15) is 37.1 Å². The Morgan fingerprint density at radius 1 is 1.27 bits per heavy atom. The largest absolute Gasteiger partial charge is 0.507 e. The number of hydrogen-bond donors (Lipinski definition) is 2. The topological polar surface area (TPSA) is 71.7 Å². The van der Waals surface area contributed by atoms with Crippen LogP contribution >= 0.6 is 0 Å². The third kappa shape index (κ3) is 3.35. The molecule has 1 atom stereocenters. The number of aliphatic carboxylic acids is 1. The van der Waals surface area contributed by atoms with E-state index in [0.717, 1.165) is 22.5 Å². The second-order valence-corrected chi connectivity index (χ2v) is 8.73. The average molecular weight is 411 g/mol. The van der Waals surface area contributed by atoms with Gasteiger partial charge in [-0.2, -0.15) is 0 Å². The van der Waals surface area contributed by atoms with Crippen LogP contribution in [-0.2, 0) is 21.4 Å². The zero-order valence-electron chi connectivity index (χ0n) is 17.4.